The van der Waals surface area contributed by atoms with Gasteiger partial charge in [-0.3, -0.25) is 0 Å². The van der Waals surface area contributed by atoms with Crippen LogP contribution in [0.5, 0.6) is 5.75 Å². The van der Waals surface area contributed by atoms with Crippen molar-refractivity contribution < 1.29 is 18.3 Å². The van der Waals surface area contributed by atoms with E-state index in [0.717, 1.165) is 0 Å². The zero-order chi connectivity index (χ0) is 12.5. The molecule has 0 unspecified atom stereocenters. The minimum atomic E-state index is -2.79. The Morgan fingerprint density at radius 2 is 2.06 bits per heavy atom. The number of ether oxygens (including phenoxy) is 2. The van der Waals surface area contributed by atoms with Crippen LogP contribution in [0, 0.1) is 0 Å². The molecule has 1 N–H and O–H groups in total. The van der Waals surface area contributed by atoms with Gasteiger partial charge in [0.25, 0.3) is 0 Å². The highest BCUT2D eigenvalue weighted by atomic mass is 19.3. The van der Waals surface area contributed by atoms with Gasteiger partial charge in [0.1, 0.15) is 5.75 Å². The van der Waals surface area contributed by atoms with Crippen LogP contribution >= 0.6 is 0 Å². The van der Waals surface area contributed by atoms with Gasteiger partial charge >= 0.3 is 6.61 Å². The zero-order valence-electron chi connectivity index (χ0n) is 9.79. The average Bonchev–Trinajstić information content (AvgIpc) is 2.30. The minimum absolute atomic E-state index is 0.214. The van der Waals surface area contributed by atoms with E-state index in [4.69, 9.17) is 4.74 Å². The first-order chi connectivity index (χ1) is 8.24. The van der Waals surface area contributed by atoms with Gasteiger partial charge < -0.3 is 14.8 Å². The topological polar surface area (TPSA) is 30.5 Å². The molecule has 0 atom stereocenters. The lowest BCUT2D eigenvalue weighted by atomic mass is 10.2. The molecule has 96 valence electrons. The first-order valence-electron chi connectivity index (χ1n) is 5.55. The second-order valence-electron chi connectivity index (χ2n) is 3.36. The summed E-state index contributed by atoms with van der Waals surface area (Å²) in [6.45, 7) is 1.57. The van der Waals surface area contributed by atoms with Crippen LogP contribution in [-0.4, -0.2) is 26.4 Å². The summed E-state index contributed by atoms with van der Waals surface area (Å²) < 4.78 is 33.8. The molecular weight excluding hydrogens is 228 g/mol. The number of nitrogens with one attached hydrogen (secondary N) is 1. The summed E-state index contributed by atoms with van der Waals surface area (Å²) in [7, 11) is 0. The predicted octanol–water partition coefficient (Wildman–Crippen LogP) is 2.41. The number of rotatable bonds is 8. The summed E-state index contributed by atoms with van der Waals surface area (Å²) in [6, 6.07) is 6.75. The van der Waals surface area contributed by atoms with Crippen LogP contribution in [0.3, 0.4) is 0 Å². The molecule has 0 aromatic heterocycles. The lowest BCUT2D eigenvalue weighted by Crippen LogP contribution is -2.20. The van der Waals surface area contributed by atoms with Gasteiger partial charge in [-0.25, -0.2) is 0 Å². The van der Waals surface area contributed by atoms with Gasteiger partial charge in [0.15, 0.2) is 0 Å². The SMILES string of the molecule is CCOCCNCc1ccccc1OC(F)F. The summed E-state index contributed by atoms with van der Waals surface area (Å²) in [5.41, 5.74) is 0.712. The second-order valence-corrected chi connectivity index (χ2v) is 3.36. The van der Waals surface area contributed by atoms with Crippen molar-refractivity contribution in [1.29, 1.82) is 0 Å². The largest absolute Gasteiger partial charge is 0.434 e. The molecule has 0 saturated carbocycles. The van der Waals surface area contributed by atoms with Crippen molar-refractivity contribution in [2.45, 2.75) is 20.1 Å². The van der Waals surface area contributed by atoms with E-state index in [9.17, 15) is 8.78 Å². The molecule has 0 amide bonds. The number of alkyl halides is 2. The van der Waals surface area contributed by atoms with Crippen molar-refractivity contribution in [3.8, 4) is 5.75 Å². The van der Waals surface area contributed by atoms with Crippen LogP contribution < -0.4 is 10.1 Å². The van der Waals surface area contributed by atoms with Crippen LogP contribution in [0.2, 0.25) is 0 Å². The van der Waals surface area contributed by atoms with Crippen LogP contribution in [0.15, 0.2) is 24.3 Å². The number of benzene rings is 1. The molecule has 0 saturated heterocycles. The third-order valence-electron chi connectivity index (χ3n) is 2.13. The van der Waals surface area contributed by atoms with Gasteiger partial charge in [-0.15, -0.1) is 0 Å². The molecule has 0 aliphatic heterocycles. The summed E-state index contributed by atoms with van der Waals surface area (Å²) in [5.74, 6) is 0.214. The molecule has 17 heavy (non-hydrogen) atoms. The molecule has 0 heterocycles. The monoisotopic (exact) mass is 245 g/mol. The lowest BCUT2D eigenvalue weighted by Gasteiger charge is -2.11. The molecule has 0 fully saturated rings. The number of halogens is 2. The quantitative estimate of drug-likeness (QED) is 0.713. The van der Waals surface area contributed by atoms with Gasteiger partial charge in [-0.05, 0) is 13.0 Å². The molecule has 3 nitrogen and oxygen atoms in total. The Bertz CT molecular complexity index is 321. The Labute approximate surface area is 99.7 Å². The number of para-hydroxylation sites is 1. The molecule has 0 aliphatic carbocycles. The molecule has 1 aromatic rings. The van der Waals surface area contributed by atoms with E-state index in [1.165, 1.54) is 6.07 Å². The molecule has 0 spiro atoms. The highest BCUT2D eigenvalue weighted by Gasteiger charge is 2.08. The molecule has 0 radical (unpaired) electrons. The maximum Gasteiger partial charge on any atom is 0.387 e. The fourth-order valence-electron chi connectivity index (χ4n) is 1.37. The van der Waals surface area contributed by atoms with Crippen molar-refractivity contribution in [3.05, 3.63) is 29.8 Å². The van der Waals surface area contributed by atoms with Crippen LogP contribution in [0.1, 0.15) is 12.5 Å². The van der Waals surface area contributed by atoms with E-state index < -0.39 is 6.61 Å². The van der Waals surface area contributed by atoms with E-state index in [-0.39, 0.29) is 5.75 Å². The Morgan fingerprint density at radius 3 is 2.76 bits per heavy atom. The van der Waals surface area contributed by atoms with Gasteiger partial charge in [0, 0.05) is 25.3 Å². The van der Waals surface area contributed by atoms with Crippen molar-refractivity contribution in [2.75, 3.05) is 19.8 Å². The number of hydrogen-bond acceptors (Lipinski definition) is 3. The molecular formula is C12H17F2NO2. The van der Waals surface area contributed by atoms with Gasteiger partial charge in [0.05, 0.1) is 6.61 Å². The Kier molecular flexibility index (Phi) is 6.50. The summed E-state index contributed by atoms with van der Waals surface area (Å²) >= 11 is 0. The Hall–Kier alpha value is -1.20. The maximum absolute atomic E-state index is 12.1. The van der Waals surface area contributed by atoms with E-state index in [0.29, 0.717) is 31.9 Å². The molecule has 0 bridgehead atoms. The molecule has 1 rings (SSSR count). The minimum Gasteiger partial charge on any atom is -0.434 e. The predicted molar refractivity (Wildman–Crippen MR) is 61.3 cm³/mol. The normalized spacial score (nSPS) is 10.8. The highest BCUT2D eigenvalue weighted by molar-refractivity contribution is 5.33. The van der Waals surface area contributed by atoms with Gasteiger partial charge in [0.2, 0.25) is 0 Å². The van der Waals surface area contributed by atoms with E-state index in [1.807, 2.05) is 6.92 Å². The number of hydrogen-bond donors (Lipinski definition) is 1. The summed E-state index contributed by atoms with van der Waals surface area (Å²) in [4.78, 5) is 0. The van der Waals surface area contributed by atoms with Gasteiger partial charge in [-0.1, -0.05) is 18.2 Å². The summed E-state index contributed by atoms with van der Waals surface area (Å²) in [6.07, 6.45) is 0. The first kappa shape index (κ1) is 13.9. The first-order valence-corrected chi connectivity index (χ1v) is 5.55. The Morgan fingerprint density at radius 1 is 1.29 bits per heavy atom. The fourth-order valence-corrected chi connectivity index (χ4v) is 1.37. The van der Waals surface area contributed by atoms with Crippen molar-refractivity contribution in [2.24, 2.45) is 0 Å². The highest BCUT2D eigenvalue weighted by Crippen LogP contribution is 2.19. The van der Waals surface area contributed by atoms with Crippen LogP contribution in [-0.2, 0) is 11.3 Å². The standard InChI is InChI=1S/C12H17F2NO2/c1-2-16-8-7-15-9-10-5-3-4-6-11(10)17-12(13)14/h3-6,12,15H,2,7-9H2,1H3. The zero-order valence-corrected chi connectivity index (χ0v) is 9.79. The second kappa shape index (κ2) is 7.97. The van der Waals surface area contributed by atoms with Gasteiger partial charge in [-0.2, -0.15) is 8.78 Å². The van der Waals surface area contributed by atoms with E-state index >= 15 is 0 Å². The van der Waals surface area contributed by atoms with Crippen LogP contribution in [0.25, 0.3) is 0 Å². The maximum atomic E-state index is 12.1. The van der Waals surface area contributed by atoms with Crippen molar-refractivity contribution in [1.82, 2.24) is 5.32 Å². The fraction of sp³-hybridized carbons (Fsp3) is 0.500. The van der Waals surface area contributed by atoms with Crippen molar-refractivity contribution in [3.63, 3.8) is 0 Å². The van der Waals surface area contributed by atoms with Crippen LogP contribution in [0.4, 0.5) is 8.78 Å². The van der Waals surface area contributed by atoms with E-state index in [1.54, 1.807) is 18.2 Å². The lowest BCUT2D eigenvalue weighted by molar-refractivity contribution is -0.0505. The van der Waals surface area contributed by atoms with E-state index in [2.05, 4.69) is 10.1 Å². The third-order valence-corrected chi connectivity index (χ3v) is 2.13. The average molecular weight is 245 g/mol. The summed E-state index contributed by atoms with van der Waals surface area (Å²) in [5, 5.41) is 3.10. The molecule has 1 aromatic carbocycles. The smallest absolute Gasteiger partial charge is 0.387 e. The Balaban J connectivity index is 2.40. The van der Waals surface area contributed by atoms with Crippen molar-refractivity contribution >= 4 is 0 Å². The molecule has 0 aliphatic rings. The molecule has 5 heteroatoms. The third kappa shape index (κ3) is 5.60.